The smallest absolute Gasteiger partial charge is 0.269 e. The van der Waals surface area contributed by atoms with Crippen LogP contribution < -0.4 is 9.04 Å². The Hall–Kier alpha value is -1.73. The molecule has 0 aliphatic carbocycles. The Morgan fingerprint density at radius 3 is 2.29 bits per heavy atom. The van der Waals surface area contributed by atoms with E-state index in [4.69, 9.17) is 16.3 Å². The summed E-state index contributed by atoms with van der Waals surface area (Å²) in [5.74, 6) is 0.653. The molecular weight excluding hydrogens is 314 g/mol. The number of aryl methyl sites for hydroxylation is 2. The van der Waals surface area contributed by atoms with Crippen LogP contribution in [0.1, 0.15) is 5.69 Å². The summed E-state index contributed by atoms with van der Waals surface area (Å²) < 4.78 is 33.0. The standard InChI is InChI=1S/C13H16ClN3O3S/c1-9-12(13(14)16(2)15-9)21(18,19)17(3)10-5-7-11(20-4)8-6-10/h5-8H,1-4H3. The number of benzene rings is 1. The zero-order valence-electron chi connectivity index (χ0n) is 12.2. The highest BCUT2D eigenvalue weighted by Gasteiger charge is 2.29. The number of halogens is 1. The van der Waals surface area contributed by atoms with Gasteiger partial charge in [0, 0.05) is 14.1 Å². The van der Waals surface area contributed by atoms with Gasteiger partial charge < -0.3 is 4.74 Å². The van der Waals surface area contributed by atoms with Gasteiger partial charge in [-0.25, -0.2) is 8.42 Å². The normalized spacial score (nSPS) is 11.5. The minimum absolute atomic E-state index is 0.0185. The molecule has 2 aromatic rings. The Kier molecular flexibility index (Phi) is 4.15. The number of hydrogen-bond acceptors (Lipinski definition) is 4. The molecule has 1 heterocycles. The quantitative estimate of drug-likeness (QED) is 0.862. The summed E-state index contributed by atoms with van der Waals surface area (Å²) in [4.78, 5) is 0.0185. The van der Waals surface area contributed by atoms with Gasteiger partial charge in [-0.15, -0.1) is 0 Å². The zero-order valence-corrected chi connectivity index (χ0v) is 13.7. The second-order valence-corrected chi connectivity index (χ2v) is 6.76. The second kappa shape index (κ2) is 5.57. The van der Waals surface area contributed by atoms with Gasteiger partial charge in [0.15, 0.2) is 0 Å². The van der Waals surface area contributed by atoms with Crippen LogP contribution in [-0.4, -0.2) is 32.4 Å². The third-order valence-corrected chi connectivity index (χ3v) is 5.64. The van der Waals surface area contributed by atoms with Crippen molar-refractivity contribution in [2.75, 3.05) is 18.5 Å². The van der Waals surface area contributed by atoms with E-state index >= 15 is 0 Å². The van der Waals surface area contributed by atoms with E-state index in [9.17, 15) is 8.42 Å². The van der Waals surface area contributed by atoms with Crippen LogP contribution in [0, 0.1) is 6.92 Å². The maximum absolute atomic E-state index is 12.7. The van der Waals surface area contributed by atoms with Crippen molar-refractivity contribution in [3.05, 3.63) is 35.1 Å². The number of nitrogens with zero attached hydrogens (tertiary/aromatic N) is 3. The highest BCUT2D eigenvalue weighted by atomic mass is 35.5. The van der Waals surface area contributed by atoms with Gasteiger partial charge in [0.1, 0.15) is 15.8 Å². The third kappa shape index (κ3) is 2.71. The molecule has 0 aliphatic rings. The summed E-state index contributed by atoms with van der Waals surface area (Å²) in [5, 5.41) is 4.13. The Bertz CT molecular complexity index is 754. The van der Waals surface area contributed by atoms with E-state index in [2.05, 4.69) is 5.10 Å². The molecule has 8 heteroatoms. The molecule has 1 aromatic carbocycles. The van der Waals surface area contributed by atoms with E-state index in [1.165, 1.54) is 16.0 Å². The number of hydrogen-bond donors (Lipinski definition) is 0. The average Bonchev–Trinajstić information content (AvgIpc) is 2.71. The summed E-state index contributed by atoms with van der Waals surface area (Å²) in [5.41, 5.74) is 0.873. The van der Waals surface area contributed by atoms with Crippen molar-refractivity contribution in [1.82, 2.24) is 9.78 Å². The van der Waals surface area contributed by atoms with Crippen LogP contribution in [0.15, 0.2) is 29.2 Å². The molecule has 0 N–H and O–H groups in total. The van der Waals surface area contributed by atoms with Crippen LogP contribution in [0.3, 0.4) is 0 Å². The van der Waals surface area contributed by atoms with Gasteiger partial charge in [-0.3, -0.25) is 8.99 Å². The van der Waals surface area contributed by atoms with Crippen LogP contribution in [0.5, 0.6) is 5.75 Å². The molecule has 0 atom stereocenters. The van der Waals surface area contributed by atoms with Crippen molar-refractivity contribution < 1.29 is 13.2 Å². The van der Waals surface area contributed by atoms with Gasteiger partial charge >= 0.3 is 0 Å². The van der Waals surface area contributed by atoms with E-state index in [0.29, 0.717) is 17.1 Å². The molecule has 0 saturated heterocycles. The van der Waals surface area contributed by atoms with Gasteiger partial charge in [0.2, 0.25) is 0 Å². The first-order valence-corrected chi connectivity index (χ1v) is 7.93. The monoisotopic (exact) mass is 329 g/mol. The first kappa shape index (κ1) is 15.7. The highest BCUT2D eigenvalue weighted by Crippen LogP contribution is 2.30. The summed E-state index contributed by atoms with van der Waals surface area (Å²) in [7, 11) is 0.846. The minimum Gasteiger partial charge on any atom is -0.497 e. The molecule has 6 nitrogen and oxygen atoms in total. The van der Waals surface area contributed by atoms with Crippen LogP contribution in [0.4, 0.5) is 5.69 Å². The third-order valence-electron chi connectivity index (χ3n) is 3.15. The molecule has 114 valence electrons. The molecule has 0 saturated carbocycles. The van der Waals surface area contributed by atoms with Crippen molar-refractivity contribution in [1.29, 1.82) is 0 Å². The van der Waals surface area contributed by atoms with E-state index in [1.54, 1.807) is 45.3 Å². The van der Waals surface area contributed by atoms with Gasteiger partial charge in [0.05, 0.1) is 18.5 Å². The molecular formula is C13H16ClN3O3S. The summed E-state index contributed by atoms with van der Waals surface area (Å²) in [6.07, 6.45) is 0. The highest BCUT2D eigenvalue weighted by molar-refractivity contribution is 7.93. The lowest BCUT2D eigenvalue weighted by Crippen LogP contribution is -2.27. The SMILES string of the molecule is COc1ccc(N(C)S(=O)(=O)c2c(C)nn(C)c2Cl)cc1. The first-order chi connectivity index (χ1) is 9.78. The van der Waals surface area contributed by atoms with E-state index in [-0.39, 0.29) is 10.0 Å². The van der Waals surface area contributed by atoms with Crippen molar-refractivity contribution in [2.24, 2.45) is 7.05 Å². The van der Waals surface area contributed by atoms with E-state index in [0.717, 1.165) is 0 Å². The maximum atomic E-state index is 12.7. The predicted molar refractivity (Wildman–Crippen MR) is 81.5 cm³/mol. The van der Waals surface area contributed by atoms with Crippen LogP contribution in [-0.2, 0) is 17.1 Å². The van der Waals surface area contributed by atoms with E-state index in [1.807, 2.05) is 0 Å². The number of aromatic nitrogens is 2. The predicted octanol–water partition coefficient (Wildman–Crippen LogP) is 2.22. The van der Waals surface area contributed by atoms with Crippen LogP contribution in [0.2, 0.25) is 5.15 Å². The minimum atomic E-state index is -3.77. The fraction of sp³-hybridized carbons (Fsp3) is 0.308. The maximum Gasteiger partial charge on any atom is 0.269 e. The molecule has 0 spiro atoms. The van der Waals surface area contributed by atoms with Gasteiger partial charge in [0.25, 0.3) is 10.0 Å². The Morgan fingerprint density at radius 1 is 1.29 bits per heavy atom. The van der Waals surface area contributed by atoms with Crippen molar-refractivity contribution in [2.45, 2.75) is 11.8 Å². The number of ether oxygens (including phenoxy) is 1. The van der Waals surface area contributed by atoms with Crippen molar-refractivity contribution >= 4 is 27.3 Å². The average molecular weight is 330 g/mol. The van der Waals surface area contributed by atoms with Gasteiger partial charge in [-0.2, -0.15) is 5.10 Å². The Morgan fingerprint density at radius 2 is 1.86 bits per heavy atom. The first-order valence-electron chi connectivity index (χ1n) is 6.11. The second-order valence-electron chi connectivity index (χ2n) is 4.50. The number of rotatable bonds is 4. The lowest BCUT2D eigenvalue weighted by atomic mass is 10.3. The Balaban J connectivity index is 2.47. The van der Waals surface area contributed by atoms with Gasteiger partial charge in [-0.05, 0) is 31.2 Å². The summed E-state index contributed by atoms with van der Waals surface area (Å²) in [6, 6.07) is 6.71. The molecule has 0 radical (unpaired) electrons. The largest absolute Gasteiger partial charge is 0.497 e. The summed E-state index contributed by atoms with van der Waals surface area (Å²) >= 11 is 6.05. The lowest BCUT2D eigenvalue weighted by Gasteiger charge is -2.19. The molecule has 0 amide bonds. The molecule has 1 aromatic heterocycles. The topological polar surface area (TPSA) is 64.4 Å². The lowest BCUT2D eigenvalue weighted by molar-refractivity contribution is 0.415. The van der Waals surface area contributed by atoms with Crippen LogP contribution in [0.25, 0.3) is 0 Å². The summed E-state index contributed by atoms with van der Waals surface area (Å²) in [6.45, 7) is 1.61. The van der Waals surface area contributed by atoms with E-state index < -0.39 is 10.0 Å². The molecule has 0 fully saturated rings. The fourth-order valence-corrected chi connectivity index (χ4v) is 3.87. The molecule has 2 rings (SSSR count). The number of methoxy groups -OCH3 is 1. The molecule has 0 bridgehead atoms. The van der Waals surface area contributed by atoms with Crippen molar-refractivity contribution in [3.8, 4) is 5.75 Å². The molecule has 0 unspecified atom stereocenters. The number of sulfonamides is 1. The number of anilines is 1. The Labute approximate surface area is 128 Å². The van der Waals surface area contributed by atoms with Gasteiger partial charge in [-0.1, -0.05) is 11.6 Å². The fourth-order valence-electron chi connectivity index (χ4n) is 1.97. The zero-order chi connectivity index (χ0) is 15.8. The van der Waals surface area contributed by atoms with Crippen molar-refractivity contribution in [3.63, 3.8) is 0 Å². The molecule has 0 aliphatic heterocycles. The molecule has 21 heavy (non-hydrogen) atoms. The van der Waals surface area contributed by atoms with Crippen LogP contribution >= 0.6 is 11.6 Å².